The molecule has 1 aromatic carbocycles. The van der Waals surface area contributed by atoms with Crippen molar-refractivity contribution in [1.82, 2.24) is 5.32 Å². The molecule has 33 heavy (non-hydrogen) atoms. The molecule has 0 aromatic heterocycles. The van der Waals surface area contributed by atoms with Crippen molar-refractivity contribution >= 4 is 29.5 Å². The van der Waals surface area contributed by atoms with Crippen molar-refractivity contribution in [3.8, 4) is 5.75 Å². The molecule has 0 saturated carbocycles. The first kappa shape index (κ1) is 26.1. The van der Waals surface area contributed by atoms with E-state index in [0.29, 0.717) is 11.4 Å². The van der Waals surface area contributed by atoms with Crippen molar-refractivity contribution in [3.63, 3.8) is 0 Å². The van der Waals surface area contributed by atoms with Gasteiger partial charge in [0, 0.05) is 22.0 Å². The summed E-state index contributed by atoms with van der Waals surface area (Å²) in [5.41, 5.74) is 0.425. The van der Waals surface area contributed by atoms with Gasteiger partial charge in [-0.3, -0.25) is 4.79 Å². The highest BCUT2D eigenvalue weighted by Gasteiger charge is 2.42. The summed E-state index contributed by atoms with van der Waals surface area (Å²) < 4.78 is 45.3. The molecular formula is C22H24ClF2NO7. The molecule has 2 rings (SSSR count). The Labute approximate surface area is 194 Å². The number of carbonyl (C=O) groups is 3. The maximum atomic E-state index is 13.2. The zero-order valence-electron chi connectivity index (χ0n) is 18.5. The Kier molecular flexibility index (Phi) is 9.22. The third-order valence-electron chi connectivity index (χ3n) is 4.60. The van der Waals surface area contributed by atoms with Gasteiger partial charge in [-0.2, -0.15) is 8.78 Å². The molecule has 0 aliphatic carbocycles. The average molecular weight is 488 g/mol. The highest BCUT2D eigenvalue weighted by molar-refractivity contribution is 6.30. The Bertz CT molecular complexity index is 951. The van der Waals surface area contributed by atoms with Crippen LogP contribution in [0.1, 0.15) is 33.3 Å². The molecule has 1 heterocycles. The van der Waals surface area contributed by atoms with E-state index >= 15 is 0 Å². The largest absolute Gasteiger partial charge is 0.463 e. The van der Waals surface area contributed by atoms with Gasteiger partial charge in [-0.25, -0.2) is 9.59 Å². The summed E-state index contributed by atoms with van der Waals surface area (Å²) in [6, 6.07) is 3.85. The van der Waals surface area contributed by atoms with Gasteiger partial charge < -0.3 is 24.3 Å². The lowest BCUT2D eigenvalue weighted by Crippen LogP contribution is -2.38. The standard InChI is InChI=1S/C22H24ClF2NO7/c1-5-30-19(27)16-11(3)26-12(4)17(20(28)31-6-2)18(16)21(29)32-10-13-9-14(23)7-8-15(13)33-22(24)25/h7-9,18,22,26H,5-6,10H2,1-4H3. The molecule has 1 N–H and O–H groups in total. The summed E-state index contributed by atoms with van der Waals surface area (Å²) in [6.45, 7) is 2.73. The van der Waals surface area contributed by atoms with Crippen LogP contribution in [0, 0.1) is 5.92 Å². The fraction of sp³-hybridized carbons (Fsp3) is 0.409. The smallest absolute Gasteiger partial charge is 0.387 e. The fourth-order valence-electron chi connectivity index (χ4n) is 3.29. The monoisotopic (exact) mass is 487 g/mol. The number of rotatable bonds is 9. The van der Waals surface area contributed by atoms with Crippen LogP contribution in [0.4, 0.5) is 8.78 Å². The van der Waals surface area contributed by atoms with Crippen molar-refractivity contribution < 1.29 is 42.1 Å². The average Bonchev–Trinajstić information content (AvgIpc) is 2.72. The minimum absolute atomic E-state index is 0.0334. The predicted molar refractivity (Wildman–Crippen MR) is 113 cm³/mol. The molecule has 0 radical (unpaired) electrons. The zero-order valence-corrected chi connectivity index (χ0v) is 19.3. The Morgan fingerprint density at radius 3 is 2.03 bits per heavy atom. The van der Waals surface area contributed by atoms with E-state index in [1.807, 2.05) is 0 Å². The second kappa shape index (κ2) is 11.6. The molecule has 0 atom stereocenters. The Balaban J connectivity index is 2.42. The highest BCUT2D eigenvalue weighted by atomic mass is 35.5. The number of halogens is 3. The normalized spacial score (nSPS) is 14.2. The summed E-state index contributed by atoms with van der Waals surface area (Å²) in [6.07, 6.45) is 0. The van der Waals surface area contributed by atoms with Crippen LogP contribution in [0.2, 0.25) is 5.02 Å². The van der Waals surface area contributed by atoms with Crippen molar-refractivity contribution in [2.75, 3.05) is 13.2 Å². The van der Waals surface area contributed by atoms with Crippen LogP contribution < -0.4 is 10.1 Å². The van der Waals surface area contributed by atoms with Crippen molar-refractivity contribution in [1.29, 1.82) is 0 Å². The quantitative estimate of drug-likeness (QED) is 0.414. The molecule has 1 aliphatic rings. The molecule has 180 valence electrons. The van der Waals surface area contributed by atoms with Crippen LogP contribution in [0.5, 0.6) is 5.75 Å². The Morgan fingerprint density at radius 1 is 1.00 bits per heavy atom. The molecule has 0 unspecified atom stereocenters. The van der Waals surface area contributed by atoms with Crippen LogP contribution in [-0.2, 0) is 35.2 Å². The van der Waals surface area contributed by atoms with Gasteiger partial charge in [-0.15, -0.1) is 0 Å². The second-order valence-corrected chi connectivity index (χ2v) is 7.25. The van der Waals surface area contributed by atoms with E-state index in [9.17, 15) is 23.2 Å². The second-order valence-electron chi connectivity index (χ2n) is 6.81. The number of ether oxygens (including phenoxy) is 4. The number of hydrogen-bond acceptors (Lipinski definition) is 8. The zero-order chi connectivity index (χ0) is 24.7. The minimum Gasteiger partial charge on any atom is -0.463 e. The number of allylic oxidation sites excluding steroid dienone is 2. The van der Waals surface area contributed by atoms with Gasteiger partial charge in [0.25, 0.3) is 0 Å². The summed E-state index contributed by atoms with van der Waals surface area (Å²) in [4.78, 5) is 38.4. The van der Waals surface area contributed by atoms with E-state index in [1.165, 1.54) is 18.2 Å². The van der Waals surface area contributed by atoms with Crippen LogP contribution in [0.15, 0.2) is 40.7 Å². The maximum absolute atomic E-state index is 13.2. The van der Waals surface area contributed by atoms with Crippen molar-refractivity contribution in [2.45, 2.75) is 40.9 Å². The number of carbonyl (C=O) groups excluding carboxylic acids is 3. The van der Waals surface area contributed by atoms with Gasteiger partial charge in [-0.1, -0.05) is 11.6 Å². The molecule has 1 aliphatic heterocycles. The van der Waals surface area contributed by atoms with E-state index in [-0.39, 0.29) is 40.7 Å². The van der Waals surface area contributed by atoms with Crippen LogP contribution in [-0.4, -0.2) is 37.7 Å². The number of dihydropyridines is 1. The molecule has 0 fully saturated rings. The number of nitrogens with one attached hydrogen (secondary N) is 1. The van der Waals surface area contributed by atoms with Crippen molar-refractivity contribution in [2.24, 2.45) is 5.92 Å². The van der Waals surface area contributed by atoms with E-state index in [4.69, 9.17) is 25.8 Å². The molecule has 8 nitrogen and oxygen atoms in total. The highest BCUT2D eigenvalue weighted by Crippen LogP contribution is 2.33. The molecule has 0 bridgehead atoms. The van der Waals surface area contributed by atoms with E-state index in [0.717, 1.165) is 0 Å². The van der Waals surface area contributed by atoms with Gasteiger partial charge in [0.15, 0.2) is 0 Å². The topological polar surface area (TPSA) is 100 Å². The first-order chi connectivity index (χ1) is 15.6. The first-order valence-corrected chi connectivity index (χ1v) is 10.4. The van der Waals surface area contributed by atoms with E-state index in [1.54, 1.807) is 27.7 Å². The lowest BCUT2D eigenvalue weighted by Gasteiger charge is -2.28. The van der Waals surface area contributed by atoms with Crippen molar-refractivity contribution in [3.05, 3.63) is 51.3 Å². The Hall–Kier alpha value is -3.14. The summed E-state index contributed by atoms with van der Waals surface area (Å²) in [5, 5.41) is 3.09. The fourth-order valence-corrected chi connectivity index (χ4v) is 3.49. The maximum Gasteiger partial charge on any atom is 0.387 e. The van der Waals surface area contributed by atoms with Gasteiger partial charge in [-0.05, 0) is 45.9 Å². The van der Waals surface area contributed by atoms with Gasteiger partial charge >= 0.3 is 24.5 Å². The first-order valence-electron chi connectivity index (χ1n) is 10.0. The summed E-state index contributed by atoms with van der Waals surface area (Å²) in [7, 11) is 0. The van der Waals surface area contributed by atoms with E-state index in [2.05, 4.69) is 10.1 Å². The summed E-state index contributed by atoms with van der Waals surface area (Å²) in [5.74, 6) is -4.30. The van der Waals surface area contributed by atoms with E-state index < -0.39 is 37.0 Å². The summed E-state index contributed by atoms with van der Waals surface area (Å²) >= 11 is 5.93. The predicted octanol–water partition coefficient (Wildman–Crippen LogP) is 3.88. The van der Waals surface area contributed by atoms with Crippen LogP contribution in [0.25, 0.3) is 0 Å². The minimum atomic E-state index is -3.10. The Morgan fingerprint density at radius 2 is 1.55 bits per heavy atom. The van der Waals surface area contributed by atoms with Crippen LogP contribution >= 0.6 is 11.6 Å². The molecule has 0 spiro atoms. The van der Waals surface area contributed by atoms with Gasteiger partial charge in [0.2, 0.25) is 0 Å². The number of benzene rings is 1. The number of hydrogen-bond donors (Lipinski definition) is 1. The lowest BCUT2D eigenvalue weighted by molar-refractivity contribution is -0.152. The molecule has 0 saturated heterocycles. The number of esters is 3. The molecule has 0 amide bonds. The van der Waals surface area contributed by atoms with Gasteiger partial charge in [0.1, 0.15) is 18.3 Å². The molecule has 1 aromatic rings. The molecule has 11 heteroatoms. The molecular weight excluding hydrogens is 464 g/mol. The SMILES string of the molecule is CCOC(=O)C1=C(C)NC(C)=C(C(=O)OCC)C1C(=O)OCc1cc(Cl)ccc1OC(F)F. The van der Waals surface area contributed by atoms with Gasteiger partial charge in [0.05, 0.1) is 24.4 Å². The third kappa shape index (κ3) is 6.44. The lowest BCUT2D eigenvalue weighted by atomic mass is 9.85. The number of alkyl halides is 2. The third-order valence-corrected chi connectivity index (χ3v) is 4.83. The van der Waals surface area contributed by atoms with Crippen LogP contribution in [0.3, 0.4) is 0 Å².